The van der Waals surface area contributed by atoms with Gasteiger partial charge in [0.25, 0.3) is 0 Å². The number of hydrogen-bond acceptors (Lipinski definition) is 3. The van der Waals surface area contributed by atoms with Crippen molar-refractivity contribution < 1.29 is 4.74 Å². The average Bonchev–Trinajstić information content (AvgIpc) is 2.85. The summed E-state index contributed by atoms with van der Waals surface area (Å²) in [4.78, 5) is 0. The molecule has 0 unspecified atom stereocenters. The summed E-state index contributed by atoms with van der Waals surface area (Å²) in [7, 11) is 1.71. The van der Waals surface area contributed by atoms with E-state index in [-0.39, 0.29) is 0 Å². The van der Waals surface area contributed by atoms with Crippen molar-refractivity contribution >= 4 is 0 Å². The summed E-state index contributed by atoms with van der Waals surface area (Å²) in [5, 5.41) is 7.76. The highest BCUT2D eigenvalue weighted by atomic mass is 16.5. The molecule has 2 aromatic rings. The Balaban J connectivity index is 2.16. The largest absolute Gasteiger partial charge is 0.496 e. The molecule has 4 nitrogen and oxygen atoms in total. The molecule has 108 valence electrons. The van der Waals surface area contributed by atoms with Crippen molar-refractivity contribution in [2.45, 2.75) is 33.4 Å². The lowest BCUT2D eigenvalue weighted by Gasteiger charge is -2.12. The van der Waals surface area contributed by atoms with Crippen molar-refractivity contribution in [2.24, 2.45) is 0 Å². The van der Waals surface area contributed by atoms with E-state index in [4.69, 9.17) is 4.74 Å². The van der Waals surface area contributed by atoms with E-state index in [9.17, 15) is 0 Å². The number of nitrogens with one attached hydrogen (secondary N) is 1. The molecule has 0 aliphatic carbocycles. The maximum Gasteiger partial charge on any atom is 0.123 e. The van der Waals surface area contributed by atoms with E-state index in [0.717, 1.165) is 43.1 Å². The Hall–Kier alpha value is -1.81. The lowest BCUT2D eigenvalue weighted by molar-refractivity contribution is 0.407. The van der Waals surface area contributed by atoms with Crippen LogP contribution >= 0.6 is 0 Å². The minimum absolute atomic E-state index is 0.740. The number of benzene rings is 1. The predicted molar refractivity (Wildman–Crippen MR) is 81.1 cm³/mol. The Morgan fingerprint density at radius 2 is 2.15 bits per heavy atom. The molecule has 0 bridgehead atoms. The van der Waals surface area contributed by atoms with Crippen LogP contribution in [0.25, 0.3) is 0 Å². The second-order valence-corrected chi connectivity index (χ2v) is 4.95. The summed E-state index contributed by atoms with van der Waals surface area (Å²) >= 11 is 0. The van der Waals surface area contributed by atoms with Crippen LogP contribution in [0, 0.1) is 6.92 Å². The van der Waals surface area contributed by atoms with Crippen LogP contribution < -0.4 is 10.1 Å². The summed E-state index contributed by atoms with van der Waals surface area (Å²) in [5.74, 6) is 0.916. The van der Waals surface area contributed by atoms with E-state index in [1.165, 1.54) is 5.56 Å². The number of ether oxygens (including phenoxy) is 1. The van der Waals surface area contributed by atoms with Gasteiger partial charge in [-0.1, -0.05) is 13.0 Å². The van der Waals surface area contributed by atoms with Crippen molar-refractivity contribution in [3.63, 3.8) is 0 Å². The van der Waals surface area contributed by atoms with Gasteiger partial charge < -0.3 is 10.1 Å². The zero-order chi connectivity index (χ0) is 14.4. The molecular formula is C16H23N3O. The van der Waals surface area contributed by atoms with Crippen molar-refractivity contribution in [3.05, 3.63) is 47.3 Å². The van der Waals surface area contributed by atoms with Gasteiger partial charge in [-0.25, -0.2) is 0 Å². The highest BCUT2D eigenvalue weighted by molar-refractivity contribution is 5.37. The quantitative estimate of drug-likeness (QED) is 0.788. The number of hydrogen-bond donors (Lipinski definition) is 1. The fourth-order valence-corrected chi connectivity index (χ4v) is 2.20. The standard InChI is InChI=1S/C16H23N3O/c1-4-8-17-11-14-5-6-16(20-3)15(10-14)12-19-13(2)7-9-18-19/h5-7,9-10,17H,4,8,11-12H2,1-3H3. The highest BCUT2D eigenvalue weighted by Crippen LogP contribution is 2.21. The summed E-state index contributed by atoms with van der Waals surface area (Å²) in [5.41, 5.74) is 3.59. The maximum absolute atomic E-state index is 5.45. The van der Waals surface area contributed by atoms with Gasteiger partial charge in [0.15, 0.2) is 0 Å². The van der Waals surface area contributed by atoms with Crippen LogP contribution in [0.4, 0.5) is 0 Å². The van der Waals surface area contributed by atoms with E-state index in [0.29, 0.717) is 0 Å². The molecule has 1 aromatic heterocycles. The molecule has 0 spiro atoms. The normalized spacial score (nSPS) is 10.8. The van der Waals surface area contributed by atoms with Crippen molar-refractivity contribution in [2.75, 3.05) is 13.7 Å². The molecular weight excluding hydrogens is 250 g/mol. The number of methoxy groups -OCH3 is 1. The Kier molecular flexibility index (Phi) is 5.18. The van der Waals surface area contributed by atoms with Gasteiger partial charge in [-0.3, -0.25) is 4.68 Å². The number of nitrogens with zero attached hydrogens (tertiary/aromatic N) is 2. The van der Waals surface area contributed by atoms with Crippen LogP contribution in [0.2, 0.25) is 0 Å². The number of aromatic nitrogens is 2. The third-order valence-electron chi connectivity index (χ3n) is 3.35. The van der Waals surface area contributed by atoms with Gasteiger partial charge >= 0.3 is 0 Å². The zero-order valence-corrected chi connectivity index (χ0v) is 12.5. The summed E-state index contributed by atoms with van der Waals surface area (Å²) in [6.45, 7) is 6.91. The monoisotopic (exact) mass is 273 g/mol. The van der Waals surface area contributed by atoms with Gasteiger partial charge in [0.1, 0.15) is 5.75 Å². The molecule has 0 saturated carbocycles. The SMILES string of the molecule is CCCNCc1ccc(OC)c(Cn2nccc2C)c1. The molecule has 0 radical (unpaired) electrons. The fraction of sp³-hybridized carbons (Fsp3) is 0.438. The van der Waals surface area contributed by atoms with Crippen LogP contribution in [0.3, 0.4) is 0 Å². The average molecular weight is 273 g/mol. The molecule has 0 aliphatic rings. The minimum atomic E-state index is 0.740. The first-order valence-electron chi connectivity index (χ1n) is 7.09. The molecule has 1 heterocycles. The van der Waals surface area contributed by atoms with Gasteiger partial charge in [0, 0.05) is 24.0 Å². The zero-order valence-electron chi connectivity index (χ0n) is 12.5. The molecule has 0 fully saturated rings. The van der Waals surface area contributed by atoms with E-state index in [1.54, 1.807) is 7.11 Å². The number of aryl methyl sites for hydroxylation is 1. The molecule has 2 rings (SSSR count). The van der Waals surface area contributed by atoms with Gasteiger partial charge in [-0.15, -0.1) is 0 Å². The van der Waals surface area contributed by atoms with Crippen LogP contribution in [-0.4, -0.2) is 23.4 Å². The van der Waals surface area contributed by atoms with E-state index in [2.05, 4.69) is 36.4 Å². The summed E-state index contributed by atoms with van der Waals surface area (Å²) in [6.07, 6.45) is 2.98. The fourth-order valence-electron chi connectivity index (χ4n) is 2.20. The lowest BCUT2D eigenvalue weighted by Crippen LogP contribution is -2.14. The minimum Gasteiger partial charge on any atom is -0.496 e. The molecule has 0 saturated heterocycles. The first-order valence-corrected chi connectivity index (χ1v) is 7.09. The third kappa shape index (κ3) is 3.61. The Labute approximate surface area is 120 Å². The lowest BCUT2D eigenvalue weighted by atomic mass is 10.1. The van der Waals surface area contributed by atoms with Gasteiger partial charge in [0.2, 0.25) is 0 Å². The molecule has 4 heteroatoms. The smallest absolute Gasteiger partial charge is 0.123 e. The Morgan fingerprint density at radius 1 is 1.30 bits per heavy atom. The molecule has 0 aliphatic heterocycles. The third-order valence-corrected chi connectivity index (χ3v) is 3.35. The van der Waals surface area contributed by atoms with Crippen molar-refractivity contribution in [1.82, 2.24) is 15.1 Å². The molecule has 1 aromatic carbocycles. The first kappa shape index (κ1) is 14.6. The van der Waals surface area contributed by atoms with E-state index < -0.39 is 0 Å². The predicted octanol–water partition coefficient (Wildman–Crippen LogP) is 2.75. The van der Waals surface area contributed by atoms with Gasteiger partial charge in [0.05, 0.1) is 13.7 Å². The van der Waals surface area contributed by atoms with Crippen molar-refractivity contribution in [3.8, 4) is 5.75 Å². The van der Waals surface area contributed by atoms with Crippen LogP contribution in [-0.2, 0) is 13.1 Å². The molecule has 1 N–H and O–H groups in total. The van der Waals surface area contributed by atoms with Crippen LogP contribution in [0.5, 0.6) is 5.75 Å². The van der Waals surface area contributed by atoms with Crippen molar-refractivity contribution in [1.29, 1.82) is 0 Å². The number of rotatable bonds is 7. The topological polar surface area (TPSA) is 39.1 Å². The maximum atomic E-state index is 5.45. The van der Waals surface area contributed by atoms with Gasteiger partial charge in [-0.2, -0.15) is 5.10 Å². The molecule has 0 amide bonds. The van der Waals surface area contributed by atoms with Crippen LogP contribution in [0.15, 0.2) is 30.5 Å². The molecule has 0 atom stereocenters. The van der Waals surface area contributed by atoms with E-state index in [1.807, 2.05) is 23.0 Å². The summed E-state index contributed by atoms with van der Waals surface area (Å²) in [6, 6.07) is 8.36. The Bertz CT molecular complexity index is 548. The second kappa shape index (κ2) is 7.10. The Morgan fingerprint density at radius 3 is 2.80 bits per heavy atom. The first-order chi connectivity index (χ1) is 9.74. The van der Waals surface area contributed by atoms with E-state index >= 15 is 0 Å². The second-order valence-electron chi connectivity index (χ2n) is 4.95. The summed E-state index contributed by atoms with van der Waals surface area (Å²) < 4.78 is 7.44. The van der Waals surface area contributed by atoms with Crippen LogP contribution in [0.1, 0.15) is 30.2 Å². The molecule has 20 heavy (non-hydrogen) atoms. The van der Waals surface area contributed by atoms with Gasteiger partial charge in [-0.05, 0) is 43.7 Å². The highest BCUT2D eigenvalue weighted by Gasteiger charge is 2.07.